The quantitative estimate of drug-likeness (QED) is 0.772. The maximum Gasteiger partial charge on any atom is 0.401 e. The molecule has 6 heteroatoms. The molecule has 0 radical (unpaired) electrons. The van der Waals surface area contributed by atoms with Gasteiger partial charge < -0.3 is 9.64 Å². The summed E-state index contributed by atoms with van der Waals surface area (Å²) < 4.78 is 44.7. The van der Waals surface area contributed by atoms with E-state index in [1.54, 1.807) is 0 Å². The van der Waals surface area contributed by atoms with Crippen LogP contribution in [0.2, 0.25) is 0 Å². The smallest absolute Gasteiger partial charge is 0.378 e. The van der Waals surface area contributed by atoms with Crippen LogP contribution < -0.4 is 4.90 Å². The number of anilines is 1. The first-order valence-electron chi connectivity index (χ1n) is 9.79. The molecule has 0 bridgehead atoms. The second kappa shape index (κ2) is 8.13. The van der Waals surface area contributed by atoms with Crippen LogP contribution in [0.15, 0.2) is 48.5 Å². The van der Waals surface area contributed by atoms with Crippen LogP contribution in [-0.4, -0.2) is 50.5 Å². The van der Waals surface area contributed by atoms with Crippen molar-refractivity contribution >= 4 is 5.69 Å². The molecule has 0 saturated carbocycles. The summed E-state index contributed by atoms with van der Waals surface area (Å²) >= 11 is 0. The molecule has 1 fully saturated rings. The largest absolute Gasteiger partial charge is 0.401 e. The van der Waals surface area contributed by atoms with Gasteiger partial charge in [-0.1, -0.05) is 36.4 Å². The topological polar surface area (TPSA) is 15.7 Å². The fourth-order valence-corrected chi connectivity index (χ4v) is 4.29. The van der Waals surface area contributed by atoms with Crippen molar-refractivity contribution in [2.75, 3.05) is 44.3 Å². The highest BCUT2D eigenvalue weighted by Gasteiger charge is 2.33. The normalized spacial score (nSPS) is 21.2. The van der Waals surface area contributed by atoms with E-state index in [1.165, 1.54) is 4.90 Å². The van der Waals surface area contributed by atoms with E-state index < -0.39 is 12.7 Å². The first kappa shape index (κ1) is 19.3. The molecule has 2 aliphatic rings. The van der Waals surface area contributed by atoms with E-state index in [0.717, 1.165) is 35.5 Å². The first-order chi connectivity index (χ1) is 13.5. The lowest BCUT2D eigenvalue weighted by atomic mass is 9.86. The van der Waals surface area contributed by atoms with Crippen LogP contribution in [-0.2, 0) is 11.3 Å². The Kier molecular flexibility index (Phi) is 5.60. The number of nitrogens with zero attached hydrogens (tertiary/aromatic N) is 2. The van der Waals surface area contributed by atoms with Crippen LogP contribution in [0.25, 0.3) is 0 Å². The van der Waals surface area contributed by atoms with Crippen molar-refractivity contribution in [3.05, 3.63) is 65.2 Å². The van der Waals surface area contributed by atoms with Crippen LogP contribution in [0.1, 0.15) is 29.0 Å². The number of fused-ring (bicyclic) bond motifs is 1. The van der Waals surface area contributed by atoms with E-state index in [1.807, 2.05) is 18.2 Å². The summed E-state index contributed by atoms with van der Waals surface area (Å²) in [5.74, 6) is 0.119. The van der Waals surface area contributed by atoms with Gasteiger partial charge in [0.15, 0.2) is 0 Å². The summed E-state index contributed by atoms with van der Waals surface area (Å²) in [6.07, 6.45) is -3.50. The Balaban J connectivity index is 1.68. The molecule has 4 rings (SSSR count). The summed E-state index contributed by atoms with van der Waals surface area (Å²) in [5.41, 5.74) is 4.38. The van der Waals surface area contributed by atoms with Crippen molar-refractivity contribution < 1.29 is 17.9 Å². The maximum atomic E-state index is 13.1. The third-order valence-corrected chi connectivity index (χ3v) is 5.61. The van der Waals surface area contributed by atoms with Gasteiger partial charge in [-0.2, -0.15) is 13.2 Å². The van der Waals surface area contributed by atoms with Crippen molar-refractivity contribution in [3.63, 3.8) is 0 Å². The van der Waals surface area contributed by atoms with Gasteiger partial charge in [0, 0.05) is 31.2 Å². The van der Waals surface area contributed by atoms with Gasteiger partial charge in [0.05, 0.1) is 19.8 Å². The van der Waals surface area contributed by atoms with E-state index in [-0.39, 0.29) is 5.92 Å². The fourth-order valence-electron chi connectivity index (χ4n) is 4.29. The predicted molar refractivity (Wildman–Crippen MR) is 104 cm³/mol. The predicted octanol–water partition coefficient (Wildman–Crippen LogP) is 4.42. The molecule has 3 nitrogen and oxygen atoms in total. The van der Waals surface area contributed by atoms with Crippen LogP contribution in [0.5, 0.6) is 0 Å². The summed E-state index contributed by atoms with van der Waals surface area (Å²) in [6.45, 7) is 2.89. The van der Waals surface area contributed by atoms with Gasteiger partial charge in [0.25, 0.3) is 0 Å². The number of ether oxygens (including phenoxy) is 1. The Hall–Kier alpha value is -2.05. The van der Waals surface area contributed by atoms with Gasteiger partial charge in [-0.05, 0) is 41.8 Å². The third kappa shape index (κ3) is 4.50. The molecule has 2 aliphatic heterocycles. The molecular formula is C22H25F3N2O. The standard InChI is InChI=1S/C22H25F3N2O/c23-22(24,25)16-26-9-8-21(17-4-2-1-3-5-17)20-7-6-19(14-18(20)15-26)27-10-12-28-13-11-27/h1-7,14,21H,8-13,15-16H2. The second-order valence-corrected chi connectivity index (χ2v) is 7.56. The lowest BCUT2D eigenvalue weighted by Gasteiger charge is -2.30. The zero-order chi connectivity index (χ0) is 19.6. The maximum absolute atomic E-state index is 13.1. The Morgan fingerprint density at radius 2 is 1.71 bits per heavy atom. The molecule has 2 aromatic carbocycles. The van der Waals surface area contributed by atoms with Crippen molar-refractivity contribution in [1.82, 2.24) is 4.90 Å². The molecule has 2 aromatic rings. The fraction of sp³-hybridized carbons (Fsp3) is 0.455. The number of benzene rings is 2. The van der Waals surface area contributed by atoms with Gasteiger partial charge in [-0.25, -0.2) is 0 Å². The highest BCUT2D eigenvalue weighted by Crippen LogP contribution is 2.36. The van der Waals surface area contributed by atoms with Crippen LogP contribution in [0, 0.1) is 0 Å². The van der Waals surface area contributed by atoms with Gasteiger partial charge >= 0.3 is 6.18 Å². The number of alkyl halides is 3. The highest BCUT2D eigenvalue weighted by atomic mass is 19.4. The second-order valence-electron chi connectivity index (χ2n) is 7.56. The number of halogens is 3. The molecule has 0 spiro atoms. The van der Waals surface area contributed by atoms with Gasteiger partial charge in [0.1, 0.15) is 0 Å². The number of hydrogen-bond acceptors (Lipinski definition) is 3. The molecule has 28 heavy (non-hydrogen) atoms. The summed E-state index contributed by atoms with van der Waals surface area (Å²) in [4.78, 5) is 3.78. The molecule has 1 atom stereocenters. The van der Waals surface area contributed by atoms with Crippen molar-refractivity contribution in [3.8, 4) is 0 Å². The van der Waals surface area contributed by atoms with E-state index in [9.17, 15) is 13.2 Å². The van der Waals surface area contributed by atoms with Gasteiger partial charge in [0.2, 0.25) is 0 Å². The number of hydrogen-bond donors (Lipinski definition) is 0. The lowest BCUT2D eigenvalue weighted by molar-refractivity contribution is -0.147. The van der Waals surface area contributed by atoms with E-state index >= 15 is 0 Å². The zero-order valence-corrected chi connectivity index (χ0v) is 15.8. The third-order valence-electron chi connectivity index (χ3n) is 5.61. The Labute approximate surface area is 163 Å². The minimum Gasteiger partial charge on any atom is -0.378 e. The minimum atomic E-state index is -4.19. The van der Waals surface area contributed by atoms with Crippen molar-refractivity contribution in [2.24, 2.45) is 0 Å². The molecule has 0 N–H and O–H groups in total. The Bertz CT molecular complexity index is 788. The SMILES string of the molecule is FC(F)(F)CN1CCC(c2ccccc2)c2ccc(N3CCOCC3)cc2C1. The Morgan fingerprint density at radius 1 is 0.964 bits per heavy atom. The highest BCUT2D eigenvalue weighted by molar-refractivity contribution is 5.53. The average molecular weight is 390 g/mol. The van der Waals surface area contributed by atoms with Crippen molar-refractivity contribution in [2.45, 2.75) is 25.1 Å². The summed E-state index contributed by atoms with van der Waals surface area (Å²) in [5, 5.41) is 0. The van der Waals surface area contributed by atoms with E-state index in [2.05, 4.69) is 35.2 Å². The molecule has 0 aliphatic carbocycles. The molecule has 0 amide bonds. The first-order valence-corrected chi connectivity index (χ1v) is 9.79. The monoisotopic (exact) mass is 390 g/mol. The molecule has 150 valence electrons. The summed E-state index contributed by atoms with van der Waals surface area (Å²) in [6, 6.07) is 16.4. The average Bonchev–Trinajstić information content (AvgIpc) is 2.86. The molecule has 1 unspecified atom stereocenters. The Morgan fingerprint density at radius 3 is 2.43 bits per heavy atom. The number of morpholine rings is 1. The van der Waals surface area contributed by atoms with Gasteiger partial charge in [-0.15, -0.1) is 0 Å². The van der Waals surface area contributed by atoms with Gasteiger partial charge in [-0.3, -0.25) is 4.90 Å². The van der Waals surface area contributed by atoms with Crippen LogP contribution in [0.3, 0.4) is 0 Å². The van der Waals surface area contributed by atoms with E-state index in [4.69, 9.17) is 4.74 Å². The van der Waals surface area contributed by atoms with E-state index in [0.29, 0.717) is 32.7 Å². The van der Waals surface area contributed by atoms with Crippen LogP contribution in [0.4, 0.5) is 18.9 Å². The number of rotatable bonds is 3. The lowest BCUT2D eigenvalue weighted by Crippen LogP contribution is -2.36. The minimum absolute atomic E-state index is 0.119. The van der Waals surface area contributed by atoms with Crippen molar-refractivity contribution in [1.29, 1.82) is 0 Å². The van der Waals surface area contributed by atoms with Crippen LogP contribution >= 0.6 is 0 Å². The molecular weight excluding hydrogens is 365 g/mol. The molecule has 0 aromatic heterocycles. The molecule has 1 saturated heterocycles. The zero-order valence-electron chi connectivity index (χ0n) is 15.8. The summed E-state index contributed by atoms with van der Waals surface area (Å²) in [7, 11) is 0. The molecule has 2 heterocycles.